The monoisotopic (exact) mass is 569 g/mol. The molecule has 2 amide bonds. The fourth-order valence-corrected chi connectivity index (χ4v) is 6.17. The van der Waals surface area contributed by atoms with Gasteiger partial charge in [-0.1, -0.05) is 85.8 Å². The molecule has 0 radical (unpaired) electrons. The SMILES string of the molecule is CC(CCNC(=O)OCC1c2ccccc2-c2ccccc21)C(=O)NC1(CC(=O)O)CCN(Cc2ccccc2)CC1. The molecule has 1 aliphatic carbocycles. The number of nitrogens with zero attached hydrogens (tertiary/aromatic N) is 1. The lowest BCUT2D eigenvalue weighted by Gasteiger charge is -2.42. The second-order valence-electron chi connectivity index (χ2n) is 11.5. The number of carboxylic acid groups (broad SMARTS) is 1. The van der Waals surface area contributed by atoms with Crippen LogP contribution in [0.4, 0.5) is 4.79 Å². The van der Waals surface area contributed by atoms with Gasteiger partial charge in [-0.2, -0.15) is 0 Å². The molecule has 1 atom stereocenters. The van der Waals surface area contributed by atoms with Crippen molar-refractivity contribution in [2.45, 2.75) is 50.6 Å². The second-order valence-corrected chi connectivity index (χ2v) is 11.5. The smallest absolute Gasteiger partial charge is 0.407 e. The molecule has 42 heavy (non-hydrogen) atoms. The van der Waals surface area contributed by atoms with Crippen molar-refractivity contribution in [3.63, 3.8) is 0 Å². The van der Waals surface area contributed by atoms with E-state index in [9.17, 15) is 19.5 Å². The van der Waals surface area contributed by atoms with E-state index in [1.807, 2.05) is 42.5 Å². The number of hydrogen-bond donors (Lipinski definition) is 3. The van der Waals surface area contributed by atoms with Crippen LogP contribution < -0.4 is 10.6 Å². The molecule has 1 unspecified atom stereocenters. The Kier molecular flexibility index (Phi) is 9.22. The van der Waals surface area contributed by atoms with Crippen LogP contribution in [0.15, 0.2) is 78.9 Å². The molecule has 8 nitrogen and oxygen atoms in total. The van der Waals surface area contributed by atoms with Crippen LogP contribution in [0.1, 0.15) is 55.2 Å². The fourth-order valence-electron chi connectivity index (χ4n) is 6.17. The van der Waals surface area contributed by atoms with Crippen molar-refractivity contribution >= 4 is 18.0 Å². The zero-order valence-electron chi connectivity index (χ0n) is 24.1. The summed E-state index contributed by atoms with van der Waals surface area (Å²) in [6.07, 6.45) is 0.935. The lowest BCUT2D eigenvalue weighted by Crippen LogP contribution is -2.57. The Morgan fingerprint density at radius 3 is 2.14 bits per heavy atom. The number of carbonyl (C=O) groups is 3. The van der Waals surface area contributed by atoms with Crippen molar-refractivity contribution in [3.05, 3.63) is 95.6 Å². The van der Waals surface area contributed by atoms with Crippen LogP contribution in [0.5, 0.6) is 0 Å². The average Bonchev–Trinajstić information content (AvgIpc) is 3.31. The molecular weight excluding hydrogens is 530 g/mol. The Hall–Kier alpha value is -4.17. The molecule has 2 aliphatic rings. The van der Waals surface area contributed by atoms with Gasteiger partial charge >= 0.3 is 12.1 Å². The maximum atomic E-state index is 13.1. The third-order valence-corrected chi connectivity index (χ3v) is 8.58. The van der Waals surface area contributed by atoms with Gasteiger partial charge in [-0.05, 0) is 47.1 Å². The normalized spacial score (nSPS) is 16.6. The summed E-state index contributed by atoms with van der Waals surface area (Å²) in [5.41, 5.74) is 5.08. The van der Waals surface area contributed by atoms with Gasteiger partial charge in [0.25, 0.3) is 0 Å². The first kappa shape index (κ1) is 29.3. The first-order chi connectivity index (χ1) is 20.3. The van der Waals surface area contributed by atoms with Gasteiger partial charge in [0.15, 0.2) is 0 Å². The van der Waals surface area contributed by atoms with Crippen LogP contribution in [0, 0.1) is 5.92 Å². The maximum absolute atomic E-state index is 13.1. The predicted octanol–water partition coefficient (Wildman–Crippen LogP) is 5.18. The van der Waals surface area contributed by atoms with Gasteiger partial charge < -0.3 is 20.5 Å². The standard InChI is InChI=1S/C34H39N3O5/c1-24(32(40)36-34(21-31(38)39)16-19-37(20-17-34)22-25-9-3-2-4-10-25)15-18-35-33(41)42-23-30-28-13-7-5-11-26(28)27-12-6-8-14-29(27)30/h2-14,24,30H,15-23H2,1H3,(H,35,41)(H,36,40)(H,38,39). The van der Waals surface area contributed by atoms with Crippen molar-refractivity contribution < 1.29 is 24.2 Å². The zero-order valence-corrected chi connectivity index (χ0v) is 24.1. The lowest BCUT2D eigenvalue weighted by atomic mass is 9.83. The number of alkyl carbamates (subject to hydrolysis) is 1. The minimum atomic E-state index is -0.920. The minimum absolute atomic E-state index is 0.0163. The third kappa shape index (κ3) is 6.99. The lowest BCUT2D eigenvalue weighted by molar-refractivity contribution is -0.140. The topological polar surface area (TPSA) is 108 Å². The van der Waals surface area contributed by atoms with Gasteiger partial charge in [0.2, 0.25) is 5.91 Å². The second kappa shape index (κ2) is 13.2. The molecule has 5 rings (SSSR count). The van der Waals surface area contributed by atoms with Gasteiger partial charge in [0.1, 0.15) is 6.61 Å². The molecule has 1 heterocycles. The van der Waals surface area contributed by atoms with Gasteiger partial charge in [-0.15, -0.1) is 0 Å². The highest BCUT2D eigenvalue weighted by atomic mass is 16.5. The summed E-state index contributed by atoms with van der Waals surface area (Å²) in [6.45, 7) is 4.53. The van der Waals surface area contributed by atoms with E-state index in [4.69, 9.17) is 4.74 Å². The van der Waals surface area contributed by atoms with E-state index in [-0.39, 0.29) is 31.4 Å². The Morgan fingerprint density at radius 1 is 0.929 bits per heavy atom. The van der Waals surface area contributed by atoms with Crippen LogP contribution in [-0.4, -0.2) is 59.8 Å². The van der Waals surface area contributed by atoms with Crippen LogP contribution in [0.3, 0.4) is 0 Å². The van der Waals surface area contributed by atoms with E-state index in [0.717, 1.165) is 17.7 Å². The molecule has 0 bridgehead atoms. The number of piperidine rings is 1. The van der Waals surface area contributed by atoms with Crippen molar-refractivity contribution in [1.82, 2.24) is 15.5 Å². The van der Waals surface area contributed by atoms with Crippen LogP contribution in [0.2, 0.25) is 0 Å². The van der Waals surface area contributed by atoms with E-state index >= 15 is 0 Å². The number of likely N-dealkylation sites (tertiary alicyclic amines) is 1. The Balaban J connectivity index is 1.08. The predicted molar refractivity (Wildman–Crippen MR) is 161 cm³/mol. The quantitative estimate of drug-likeness (QED) is 0.294. The molecule has 3 aromatic carbocycles. The minimum Gasteiger partial charge on any atom is -0.481 e. The van der Waals surface area contributed by atoms with Gasteiger partial charge in [-0.3, -0.25) is 14.5 Å². The Bertz CT molecular complexity index is 1360. The molecule has 3 aromatic rings. The average molecular weight is 570 g/mol. The van der Waals surface area contributed by atoms with Crippen LogP contribution in [0.25, 0.3) is 11.1 Å². The number of carbonyl (C=O) groups excluding carboxylic acids is 2. The first-order valence-electron chi connectivity index (χ1n) is 14.7. The summed E-state index contributed by atoms with van der Waals surface area (Å²) in [7, 11) is 0. The van der Waals surface area contributed by atoms with Gasteiger partial charge in [0, 0.05) is 38.0 Å². The molecular formula is C34H39N3O5. The summed E-state index contributed by atoms with van der Waals surface area (Å²) in [5, 5.41) is 15.4. The molecule has 3 N–H and O–H groups in total. The molecule has 0 aromatic heterocycles. The van der Waals surface area contributed by atoms with E-state index in [1.165, 1.54) is 16.7 Å². The fraction of sp³-hybridized carbons (Fsp3) is 0.382. The molecule has 1 aliphatic heterocycles. The summed E-state index contributed by atoms with van der Waals surface area (Å²) in [4.78, 5) is 39.6. The van der Waals surface area contributed by atoms with Crippen molar-refractivity contribution in [2.75, 3.05) is 26.2 Å². The highest BCUT2D eigenvalue weighted by Crippen LogP contribution is 2.44. The van der Waals surface area contributed by atoms with Crippen molar-refractivity contribution in [2.24, 2.45) is 5.92 Å². The Morgan fingerprint density at radius 2 is 1.52 bits per heavy atom. The van der Waals surface area contributed by atoms with E-state index < -0.39 is 23.5 Å². The number of aliphatic carboxylic acids is 1. The maximum Gasteiger partial charge on any atom is 0.407 e. The third-order valence-electron chi connectivity index (χ3n) is 8.58. The first-order valence-corrected chi connectivity index (χ1v) is 14.7. The largest absolute Gasteiger partial charge is 0.481 e. The van der Waals surface area contributed by atoms with E-state index in [1.54, 1.807) is 6.92 Å². The Labute approximate surface area is 247 Å². The zero-order chi connectivity index (χ0) is 29.5. The highest BCUT2D eigenvalue weighted by molar-refractivity contribution is 5.81. The number of carboxylic acids is 1. The number of amides is 2. The number of benzene rings is 3. The van der Waals surface area contributed by atoms with E-state index in [0.29, 0.717) is 32.4 Å². The number of fused-ring (bicyclic) bond motifs is 3. The molecule has 8 heteroatoms. The van der Waals surface area contributed by atoms with Gasteiger partial charge in [-0.25, -0.2) is 4.79 Å². The number of rotatable bonds is 11. The summed E-state index contributed by atoms with van der Waals surface area (Å²) < 4.78 is 5.60. The number of ether oxygens (including phenoxy) is 1. The van der Waals surface area contributed by atoms with E-state index in [2.05, 4.69) is 51.9 Å². The molecule has 220 valence electrons. The molecule has 1 fully saturated rings. The number of hydrogen-bond acceptors (Lipinski definition) is 5. The molecule has 0 spiro atoms. The van der Waals surface area contributed by atoms with Crippen molar-refractivity contribution in [3.8, 4) is 11.1 Å². The molecule has 1 saturated heterocycles. The van der Waals surface area contributed by atoms with Crippen LogP contribution in [-0.2, 0) is 20.9 Å². The summed E-state index contributed by atoms with van der Waals surface area (Å²) in [5.74, 6) is -1.53. The summed E-state index contributed by atoms with van der Waals surface area (Å²) in [6, 6.07) is 26.5. The van der Waals surface area contributed by atoms with Crippen molar-refractivity contribution in [1.29, 1.82) is 0 Å². The number of nitrogens with one attached hydrogen (secondary N) is 2. The van der Waals surface area contributed by atoms with Gasteiger partial charge in [0.05, 0.1) is 12.0 Å². The van der Waals surface area contributed by atoms with Crippen LogP contribution >= 0.6 is 0 Å². The highest BCUT2D eigenvalue weighted by Gasteiger charge is 2.38. The summed E-state index contributed by atoms with van der Waals surface area (Å²) >= 11 is 0. The molecule has 0 saturated carbocycles.